The highest BCUT2D eigenvalue weighted by atomic mass is 32.1. The van der Waals surface area contributed by atoms with Crippen molar-refractivity contribution >= 4 is 32.6 Å². The highest BCUT2D eigenvalue weighted by molar-refractivity contribution is 7.22. The number of hydrogen-bond donors (Lipinski definition) is 1. The predicted molar refractivity (Wildman–Crippen MR) is 77.3 cm³/mol. The van der Waals surface area contributed by atoms with Gasteiger partial charge in [0, 0.05) is 19.4 Å². The van der Waals surface area contributed by atoms with Gasteiger partial charge in [0.1, 0.15) is 5.75 Å². The average Bonchev–Trinajstić information content (AvgIpc) is 3.03. The second-order valence-electron chi connectivity index (χ2n) is 4.17. The van der Waals surface area contributed by atoms with Crippen LogP contribution in [0.4, 0.5) is 5.13 Å². The Balaban J connectivity index is 1.88. The first-order valence-electron chi connectivity index (χ1n) is 5.90. The largest absolute Gasteiger partial charge is 0.497 e. The zero-order valence-corrected chi connectivity index (χ0v) is 11.8. The smallest absolute Gasteiger partial charge is 0.293 e. The average molecular weight is 288 g/mol. The molecule has 3 aromatic rings. The summed E-state index contributed by atoms with van der Waals surface area (Å²) in [4.78, 5) is 20.4. The number of carbonyl (C=O) groups excluding carboxylic acids is 1. The summed E-state index contributed by atoms with van der Waals surface area (Å²) in [6.45, 7) is 0. The first kappa shape index (κ1) is 12.6. The van der Waals surface area contributed by atoms with E-state index in [1.807, 2.05) is 18.2 Å². The summed E-state index contributed by atoms with van der Waals surface area (Å²) in [6.07, 6.45) is 3.30. The van der Waals surface area contributed by atoms with Gasteiger partial charge in [-0.15, -0.1) is 0 Å². The molecule has 0 aliphatic heterocycles. The zero-order chi connectivity index (χ0) is 14.1. The van der Waals surface area contributed by atoms with Gasteiger partial charge in [-0.25, -0.2) is 9.97 Å². The monoisotopic (exact) mass is 288 g/mol. The number of nitrogens with one attached hydrogen (secondary N) is 1. The summed E-state index contributed by atoms with van der Waals surface area (Å²) in [6, 6.07) is 5.59. The summed E-state index contributed by atoms with van der Waals surface area (Å²) in [5.74, 6) is 0.841. The van der Waals surface area contributed by atoms with E-state index in [4.69, 9.17) is 4.74 Å². The van der Waals surface area contributed by atoms with Crippen LogP contribution < -0.4 is 10.1 Å². The Morgan fingerprint density at radius 3 is 3.00 bits per heavy atom. The Hall–Kier alpha value is -2.41. The normalized spacial score (nSPS) is 10.7. The van der Waals surface area contributed by atoms with E-state index in [0.29, 0.717) is 11.0 Å². The number of methoxy groups -OCH3 is 1. The van der Waals surface area contributed by atoms with Gasteiger partial charge in [-0.1, -0.05) is 11.3 Å². The molecule has 2 aromatic heterocycles. The van der Waals surface area contributed by atoms with E-state index in [1.165, 1.54) is 11.3 Å². The predicted octanol–water partition coefficient (Wildman–Crippen LogP) is 2.29. The number of hydrogen-bond acceptors (Lipinski definition) is 5. The van der Waals surface area contributed by atoms with E-state index in [0.717, 1.165) is 16.0 Å². The van der Waals surface area contributed by atoms with Crippen LogP contribution in [-0.2, 0) is 7.05 Å². The maximum atomic E-state index is 12.0. The number of ether oxygens (including phenoxy) is 1. The van der Waals surface area contributed by atoms with Gasteiger partial charge in [0.15, 0.2) is 11.0 Å². The molecular formula is C13H12N4O2S. The van der Waals surface area contributed by atoms with Gasteiger partial charge >= 0.3 is 0 Å². The van der Waals surface area contributed by atoms with E-state index >= 15 is 0 Å². The lowest BCUT2D eigenvalue weighted by Gasteiger charge is -2.00. The molecule has 1 aromatic carbocycles. The van der Waals surface area contributed by atoms with Crippen LogP contribution in [-0.4, -0.2) is 27.6 Å². The molecule has 0 saturated heterocycles. The summed E-state index contributed by atoms with van der Waals surface area (Å²) < 4.78 is 7.78. The molecule has 7 heteroatoms. The Labute approximate surface area is 119 Å². The van der Waals surface area contributed by atoms with Crippen molar-refractivity contribution in [1.82, 2.24) is 14.5 Å². The molecule has 0 fully saturated rings. The minimum absolute atomic E-state index is 0.275. The van der Waals surface area contributed by atoms with Crippen molar-refractivity contribution in [2.45, 2.75) is 0 Å². The third-order valence-electron chi connectivity index (χ3n) is 2.84. The van der Waals surface area contributed by atoms with Crippen LogP contribution in [0, 0.1) is 0 Å². The SMILES string of the molecule is COc1ccc2nc(NC(=O)c3nccn3C)sc2c1. The van der Waals surface area contributed by atoms with Gasteiger partial charge in [-0.2, -0.15) is 0 Å². The Bertz CT molecular complexity index is 778. The summed E-state index contributed by atoms with van der Waals surface area (Å²) >= 11 is 1.40. The first-order valence-corrected chi connectivity index (χ1v) is 6.72. The minimum Gasteiger partial charge on any atom is -0.497 e. The number of nitrogens with zero attached hydrogens (tertiary/aromatic N) is 3. The van der Waals surface area contributed by atoms with E-state index in [2.05, 4.69) is 15.3 Å². The summed E-state index contributed by atoms with van der Waals surface area (Å²) in [5, 5.41) is 3.30. The number of fused-ring (bicyclic) bond motifs is 1. The van der Waals surface area contributed by atoms with Crippen molar-refractivity contribution in [3.05, 3.63) is 36.4 Å². The van der Waals surface area contributed by atoms with Gasteiger partial charge < -0.3 is 9.30 Å². The third-order valence-corrected chi connectivity index (χ3v) is 3.77. The van der Waals surface area contributed by atoms with Gasteiger partial charge in [0.25, 0.3) is 5.91 Å². The molecule has 0 bridgehead atoms. The molecule has 0 aliphatic rings. The summed E-state index contributed by atoms with van der Waals surface area (Å²) in [7, 11) is 3.39. The number of thiazole rings is 1. The molecule has 0 spiro atoms. The van der Waals surface area contributed by atoms with Crippen molar-refractivity contribution < 1.29 is 9.53 Å². The zero-order valence-electron chi connectivity index (χ0n) is 11.0. The maximum Gasteiger partial charge on any atom is 0.293 e. The van der Waals surface area contributed by atoms with E-state index in [9.17, 15) is 4.79 Å². The fourth-order valence-electron chi connectivity index (χ4n) is 1.82. The van der Waals surface area contributed by atoms with Gasteiger partial charge in [-0.05, 0) is 18.2 Å². The number of imidazole rings is 1. The molecule has 6 nitrogen and oxygen atoms in total. The fraction of sp³-hybridized carbons (Fsp3) is 0.154. The Morgan fingerprint density at radius 2 is 2.30 bits per heavy atom. The topological polar surface area (TPSA) is 69.0 Å². The highest BCUT2D eigenvalue weighted by Crippen LogP contribution is 2.29. The van der Waals surface area contributed by atoms with Crippen molar-refractivity contribution in [1.29, 1.82) is 0 Å². The van der Waals surface area contributed by atoms with Crippen LogP contribution in [0.15, 0.2) is 30.6 Å². The lowest BCUT2D eigenvalue weighted by molar-refractivity contribution is 0.101. The van der Waals surface area contributed by atoms with Crippen molar-refractivity contribution in [3.8, 4) is 5.75 Å². The van der Waals surface area contributed by atoms with Gasteiger partial charge in [0.05, 0.1) is 17.3 Å². The van der Waals surface area contributed by atoms with Gasteiger partial charge in [0.2, 0.25) is 0 Å². The second kappa shape index (κ2) is 4.93. The van der Waals surface area contributed by atoms with E-state index in [-0.39, 0.29) is 5.91 Å². The highest BCUT2D eigenvalue weighted by Gasteiger charge is 2.13. The van der Waals surface area contributed by atoms with Crippen LogP contribution >= 0.6 is 11.3 Å². The first-order chi connectivity index (χ1) is 9.67. The number of benzene rings is 1. The van der Waals surface area contributed by atoms with Crippen molar-refractivity contribution in [3.63, 3.8) is 0 Å². The second-order valence-corrected chi connectivity index (χ2v) is 5.20. The quantitative estimate of drug-likeness (QED) is 0.803. The number of aryl methyl sites for hydroxylation is 1. The number of rotatable bonds is 3. The van der Waals surface area contributed by atoms with Crippen LogP contribution in [0.5, 0.6) is 5.75 Å². The molecule has 20 heavy (non-hydrogen) atoms. The minimum atomic E-state index is -0.275. The van der Waals surface area contributed by atoms with Crippen LogP contribution in [0.25, 0.3) is 10.2 Å². The van der Waals surface area contributed by atoms with Crippen LogP contribution in [0.3, 0.4) is 0 Å². The Morgan fingerprint density at radius 1 is 1.45 bits per heavy atom. The number of carbonyl (C=O) groups is 1. The lowest BCUT2D eigenvalue weighted by Crippen LogP contribution is -2.16. The van der Waals surface area contributed by atoms with Crippen molar-refractivity contribution in [2.24, 2.45) is 7.05 Å². The van der Waals surface area contributed by atoms with Crippen LogP contribution in [0.1, 0.15) is 10.6 Å². The molecule has 0 radical (unpaired) electrons. The molecule has 1 N–H and O–H groups in total. The maximum absolute atomic E-state index is 12.0. The molecule has 102 valence electrons. The summed E-state index contributed by atoms with van der Waals surface area (Å²) in [5.41, 5.74) is 0.825. The molecule has 0 saturated carbocycles. The van der Waals surface area contributed by atoms with Crippen molar-refractivity contribution in [2.75, 3.05) is 12.4 Å². The fourth-order valence-corrected chi connectivity index (χ4v) is 2.71. The number of amides is 1. The molecule has 0 aliphatic carbocycles. The van der Waals surface area contributed by atoms with E-state index < -0.39 is 0 Å². The molecule has 0 atom stereocenters. The standard InChI is InChI=1S/C13H12N4O2S/c1-17-6-5-14-11(17)12(18)16-13-15-9-4-3-8(19-2)7-10(9)20-13/h3-7H,1-2H3,(H,15,16,18). The third kappa shape index (κ3) is 2.23. The molecule has 1 amide bonds. The molecule has 3 rings (SSSR count). The lowest BCUT2D eigenvalue weighted by atomic mass is 10.3. The number of aromatic nitrogens is 3. The Kier molecular flexibility index (Phi) is 3.11. The number of anilines is 1. The molecule has 0 unspecified atom stereocenters. The van der Waals surface area contributed by atoms with E-state index in [1.54, 1.807) is 31.1 Å². The molecule has 2 heterocycles. The van der Waals surface area contributed by atoms with Crippen LogP contribution in [0.2, 0.25) is 0 Å². The molecular weight excluding hydrogens is 276 g/mol. The van der Waals surface area contributed by atoms with Gasteiger partial charge in [-0.3, -0.25) is 10.1 Å².